The van der Waals surface area contributed by atoms with Gasteiger partial charge in [-0.25, -0.2) is 0 Å². The lowest BCUT2D eigenvalue weighted by Crippen LogP contribution is -1.92. The van der Waals surface area contributed by atoms with Crippen molar-refractivity contribution in [3.05, 3.63) is 145 Å². The predicted octanol–water partition coefficient (Wildman–Crippen LogP) is 10.1. The van der Waals surface area contributed by atoms with Crippen molar-refractivity contribution in [2.24, 2.45) is 0 Å². The van der Waals surface area contributed by atoms with Crippen LogP contribution in [-0.2, 0) is 0 Å². The summed E-state index contributed by atoms with van der Waals surface area (Å²) in [6.45, 7) is 4.15. The summed E-state index contributed by atoms with van der Waals surface area (Å²) in [5.74, 6) is 0. The fourth-order valence-electron chi connectivity index (χ4n) is 5.90. The van der Waals surface area contributed by atoms with Gasteiger partial charge in [-0.3, -0.25) is 9.97 Å². The first-order valence-electron chi connectivity index (χ1n) is 13.7. The topological polar surface area (TPSA) is 25.8 Å². The van der Waals surface area contributed by atoms with E-state index >= 15 is 0 Å². The third-order valence-electron chi connectivity index (χ3n) is 7.77. The van der Waals surface area contributed by atoms with E-state index in [1.807, 2.05) is 25.4 Å². The SMILES string of the molecule is Cc1cccc(-c2cccc(-c3c4ccccc4c(-c4ccc(-c5ccncc5C)cc4)c4ccccc34)c2)n1. The van der Waals surface area contributed by atoms with Crippen LogP contribution in [0.1, 0.15) is 11.3 Å². The molecule has 7 rings (SSSR count). The van der Waals surface area contributed by atoms with Gasteiger partial charge in [0.05, 0.1) is 5.69 Å². The van der Waals surface area contributed by atoms with E-state index < -0.39 is 0 Å². The Hall–Kier alpha value is -5.08. The third-order valence-corrected chi connectivity index (χ3v) is 7.77. The molecule has 0 radical (unpaired) electrons. The average Bonchev–Trinajstić information content (AvgIpc) is 3.00. The molecule has 2 nitrogen and oxygen atoms in total. The molecule has 0 aliphatic carbocycles. The zero-order valence-corrected chi connectivity index (χ0v) is 22.6. The molecule has 2 heterocycles. The number of hydrogen-bond donors (Lipinski definition) is 0. The number of benzene rings is 5. The lowest BCUT2D eigenvalue weighted by atomic mass is 9.85. The third kappa shape index (κ3) is 4.15. The minimum absolute atomic E-state index is 0.997. The van der Waals surface area contributed by atoms with Crippen LogP contribution in [0.15, 0.2) is 134 Å². The lowest BCUT2D eigenvalue weighted by Gasteiger charge is -2.18. The highest BCUT2D eigenvalue weighted by atomic mass is 14.7. The summed E-state index contributed by atoms with van der Waals surface area (Å²) in [5.41, 5.74) is 11.7. The molecular weight excluding hydrogens is 484 g/mol. The van der Waals surface area contributed by atoms with E-state index in [4.69, 9.17) is 4.98 Å². The normalized spacial score (nSPS) is 11.2. The van der Waals surface area contributed by atoms with Gasteiger partial charge < -0.3 is 0 Å². The highest BCUT2D eigenvalue weighted by Gasteiger charge is 2.17. The van der Waals surface area contributed by atoms with Crippen molar-refractivity contribution in [2.45, 2.75) is 13.8 Å². The van der Waals surface area contributed by atoms with Crippen molar-refractivity contribution in [1.82, 2.24) is 9.97 Å². The van der Waals surface area contributed by atoms with Crippen LogP contribution < -0.4 is 0 Å². The smallest absolute Gasteiger partial charge is 0.0705 e. The first-order chi connectivity index (χ1) is 19.7. The highest BCUT2D eigenvalue weighted by Crippen LogP contribution is 2.44. The molecule has 2 aromatic heterocycles. The van der Waals surface area contributed by atoms with Crippen molar-refractivity contribution >= 4 is 21.5 Å². The molecule has 0 amide bonds. The fourth-order valence-corrected chi connectivity index (χ4v) is 5.90. The van der Waals surface area contributed by atoms with E-state index in [1.54, 1.807) is 0 Å². The molecule has 40 heavy (non-hydrogen) atoms. The van der Waals surface area contributed by atoms with Gasteiger partial charge in [0, 0.05) is 23.7 Å². The van der Waals surface area contributed by atoms with Gasteiger partial charge in [0.25, 0.3) is 0 Å². The van der Waals surface area contributed by atoms with Crippen LogP contribution >= 0.6 is 0 Å². The maximum absolute atomic E-state index is 4.79. The zero-order chi connectivity index (χ0) is 27.1. The Morgan fingerprint density at radius 2 is 1.05 bits per heavy atom. The van der Waals surface area contributed by atoms with E-state index in [2.05, 4.69) is 127 Å². The maximum Gasteiger partial charge on any atom is 0.0705 e. The lowest BCUT2D eigenvalue weighted by molar-refractivity contribution is 1.21. The van der Waals surface area contributed by atoms with Gasteiger partial charge in [0.2, 0.25) is 0 Å². The van der Waals surface area contributed by atoms with Crippen LogP contribution in [0.5, 0.6) is 0 Å². The van der Waals surface area contributed by atoms with E-state index in [-0.39, 0.29) is 0 Å². The first-order valence-corrected chi connectivity index (χ1v) is 13.7. The highest BCUT2D eigenvalue weighted by molar-refractivity contribution is 6.21. The van der Waals surface area contributed by atoms with Crippen molar-refractivity contribution in [2.75, 3.05) is 0 Å². The fraction of sp³-hybridized carbons (Fsp3) is 0.0526. The van der Waals surface area contributed by atoms with E-state index in [1.165, 1.54) is 60.5 Å². The number of aromatic nitrogens is 2. The monoisotopic (exact) mass is 512 g/mol. The van der Waals surface area contributed by atoms with Crippen molar-refractivity contribution < 1.29 is 0 Å². The maximum atomic E-state index is 4.79. The summed E-state index contributed by atoms with van der Waals surface area (Å²) in [6.07, 6.45) is 3.78. The van der Waals surface area contributed by atoms with E-state index in [9.17, 15) is 0 Å². The Bertz CT molecular complexity index is 1960. The number of fused-ring (bicyclic) bond motifs is 2. The Morgan fingerprint density at radius 1 is 0.475 bits per heavy atom. The standard InChI is InChI=1S/C38H28N2/c1-25-24-39-22-21-31(25)27-17-19-28(20-18-27)37-32-12-3-5-14-34(32)38(35-15-6-4-13-33(35)37)30-11-8-10-29(23-30)36-16-7-9-26(2)40-36/h3-24H,1-2H3. The van der Waals surface area contributed by atoms with Crippen LogP contribution in [0.25, 0.3) is 66.2 Å². The Labute approximate surface area is 234 Å². The van der Waals surface area contributed by atoms with E-state index in [0.717, 1.165) is 17.0 Å². The number of hydrogen-bond acceptors (Lipinski definition) is 2. The molecule has 0 aliphatic rings. The Morgan fingerprint density at radius 3 is 1.68 bits per heavy atom. The molecule has 0 bridgehead atoms. The second-order valence-electron chi connectivity index (χ2n) is 10.4. The quantitative estimate of drug-likeness (QED) is 0.219. The van der Waals surface area contributed by atoms with Crippen LogP contribution in [0, 0.1) is 13.8 Å². The van der Waals surface area contributed by atoms with Gasteiger partial charge in [-0.2, -0.15) is 0 Å². The number of aryl methyl sites for hydroxylation is 2. The molecule has 2 heteroatoms. The van der Waals surface area contributed by atoms with Crippen molar-refractivity contribution in [3.63, 3.8) is 0 Å². The predicted molar refractivity (Wildman–Crippen MR) is 168 cm³/mol. The Balaban J connectivity index is 1.45. The summed E-state index contributed by atoms with van der Waals surface area (Å²) < 4.78 is 0. The second-order valence-corrected chi connectivity index (χ2v) is 10.4. The van der Waals surface area contributed by atoms with Gasteiger partial charge in [-0.1, -0.05) is 97.1 Å². The van der Waals surface area contributed by atoms with Crippen molar-refractivity contribution in [3.8, 4) is 44.6 Å². The van der Waals surface area contributed by atoms with Gasteiger partial charge in [-0.15, -0.1) is 0 Å². The molecule has 0 atom stereocenters. The van der Waals surface area contributed by atoms with Gasteiger partial charge >= 0.3 is 0 Å². The molecule has 0 saturated heterocycles. The number of rotatable bonds is 4. The van der Waals surface area contributed by atoms with Crippen LogP contribution in [0.4, 0.5) is 0 Å². The zero-order valence-electron chi connectivity index (χ0n) is 22.6. The second kappa shape index (κ2) is 9.91. The van der Waals surface area contributed by atoms with Crippen LogP contribution in [0.3, 0.4) is 0 Å². The molecule has 7 aromatic rings. The molecule has 0 fully saturated rings. The molecule has 0 saturated carbocycles. The number of nitrogens with zero attached hydrogens (tertiary/aromatic N) is 2. The first kappa shape index (κ1) is 24.0. The average molecular weight is 513 g/mol. The summed E-state index contributed by atoms with van der Waals surface area (Å²) >= 11 is 0. The molecule has 0 N–H and O–H groups in total. The minimum atomic E-state index is 0.997. The molecule has 190 valence electrons. The molecule has 0 aliphatic heterocycles. The molecule has 0 unspecified atom stereocenters. The summed E-state index contributed by atoms with van der Waals surface area (Å²) in [7, 11) is 0. The minimum Gasteiger partial charge on any atom is -0.264 e. The summed E-state index contributed by atoms with van der Waals surface area (Å²) in [6, 6.07) is 43.7. The van der Waals surface area contributed by atoms with Crippen LogP contribution in [-0.4, -0.2) is 9.97 Å². The molecule has 0 spiro atoms. The molecular formula is C38H28N2. The largest absolute Gasteiger partial charge is 0.264 e. The number of pyridine rings is 2. The van der Waals surface area contributed by atoms with E-state index in [0.29, 0.717) is 0 Å². The van der Waals surface area contributed by atoms with Crippen LogP contribution in [0.2, 0.25) is 0 Å². The van der Waals surface area contributed by atoms with Gasteiger partial charge in [0.1, 0.15) is 0 Å². The summed E-state index contributed by atoms with van der Waals surface area (Å²) in [4.78, 5) is 9.05. The van der Waals surface area contributed by atoms with Gasteiger partial charge in [0.15, 0.2) is 0 Å². The van der Waals surface area contributed by atoms with Crippen molar-refractivity contribution in [1.29, 1.82) is 0 Å². The van der Waals surface area contributed by atoms with Gasteiger partial charge in [-0.05, 0) is 98.6 Å². The molecule has 5 aromatic carbocycles. The Kier molecular flexibility index (Phi) is 5.94. The summed E-state index contributed by atoms with van der Waals surface area (Å²) in [5, 5.41) is 5.01.